The van der Waals surface area contributed by atoms with E-state index in [0.717, 1.165) is 33.9 Å². The first-order chi connectivity index (χ1) is 34.7. The molecule has 0 aliphatic rings. The molecule has 0 saturated carbocycles. The van der Waals surface area contributed by atoms with Gasteiger partial charge in [0.25, 0.3) is 0 Å². The smallest absolute Gasteiger partial charge is 0.0547 e. The summed E-state index contributed by atoms with van der Waals surface area (Å²) >= 11 is 0. The van der Waals surface area contributed by atoms with Gasteiger partial charge in [-0.3, -0.25) is 0 Å². The molecule has 0 atom stereocenters. The molecule has 13 rings (SSSR count). The molecule has 0 N–H and O–H groups in total. The average Bonchev–Trinajstić information content (AvgIpc) is 3.78. The molecule has 0 radical (unpaired) electrons. The molecule has 1 aromatic heterocycles. The van der Waals surface area contributed by atoms with E-state index in [4.69, 9.17) is 0 Å². The van der Waals surface area contributed by atoms with Crippen LogP contribution in [0.1, 0.15) is 0 Å². The molecule has 1 heterocycles. The van der Waals surface area contributed by atoms with Crippen LogP contribution in [0.3, 0.4) is 0 Å². The molecule has 0 fully saturated rings. The van der Waals surface area contributed by atoms with Crippen molar-refractivity contribution in [1.29, 1.82) is 0 Å². The Hall–Kier alpha value is -9.24. The van der Waals surface area contributed by atoms with Crippen molar-refractivity contribution in [3.63, 3.8) is 0 Å². The number of anilines is 3. The Bertz CT molecular complexity index is 4030. The molecule has 2 heteroatoms. The van der Waals surface area contributed by atoms with Crippen LogP contribution in [0.4, 0.5) is 17.1 Å². The van der Waals surface area contributed by atoms with Crippen molar-refractivity contribution >= 4 is 60.4 Å². The molecule has 13 aromatic rings. The molecule has 0 unspecified atom stereocenters. The summed E-state index contributed by atoms with van der Waals surface area (Å²) < 4.78 is 2.39. The van der Waals surface area contributed by atoms with Gasteiger partial charge in [-0.2, -0.15) is 0 Å². The maximum Gasteiger partial charge on any atom is 0.0547 e. The van der Waals surface area contributed by atoms with Crippen molar-refractivity contribution in [2.75, 3.05) is 4.90 Å². The van der Waals surface area contributed by atoms with Crippen LogP contribution in [-0.4, -0.2) is 4.57 Å². The normalized spacial score (nSPS) is 11.4. The number of hydrogen-bond acceptors (Lipinski definition) is 1. The Kier molecular flexibility index (Phi) is 10.2. The summed E-state index contributed by atoms with van der Waals surface area (Å²) in [7, 11) is 0. The first-order valence-electron chi connectivity index (χ1n) is 24.1. The topological polar surface area (TPSA) is 8.17 Å². The van der Waals surface area contributed by atoms with Crippen LogP contribution in [0.25, 0.3) is 105 Å². The van der Waals surface area contributed by atoms with E-state index in [1.54, 1.807) is 0 Å². The maximum atomic E-state index is 2.41. The van der Waals surface area contributed by atoms with Gasteiger partial charge in [0.2, 0.25) is 0 Å². The summed E-state index contributed by atoms with van der Waals surface area (Å²) in [5.41, 5.74) is 18.7. The zero-order chi connectivity index (χ0) is 46.4. The predicted octanol–water partition coefficient (Wildman–Crippen LogP) is 18.9. The minimum Gasteiger partial charge on any atom is -0.310 e. The highest BCUT2D eigenvalue weighted by molar-refractivity contribution is 6.16. The van der Waals surface area contributed by atoms with E-state index in [1.807, 2.05) is 0 Å². The lowest BCUT2D eigenvalue weighted by molar-refractivity contribution is 1.18. The van der Waals surface area contributed by atoms with Gasteiger partial charge in [-0.1, -0.05) is 212 Å². The standard InChI is InChI=1S/C68H46N2/c1-2-21-57(22-3-1)70-66-29-11-9-25-64(66)68-63(27-14-30-67(68)70)56-20-12-19-55(46-56)62-24-8-10-28-65(62)69(59-43-39-50(40-44-59)54-36-33-47-15-4-5-17-53(47)45-54)58-41-37-49(38-42-58)48-31-34-52(35-32-48)61-26-13-18-51-16-6-7-23-60(51)61/h1-46H. The fourth-order valence-electron chi connectivity index (χ4n) is 10.6. The zero-order valence-electron chi connectivity index (χ0n) is 38.5. The van der Waals surface area contributed by atoms with E-state index in [-0.39, 0.29) is 0 Å². The molecule has 0 spiro atoms. The SMILES string of the molecule is c1ccc(-n2c3ccccc3c3c(-c4cccc(-c5ccccc5N(c5ccc(-c6ccc(-c7cccc8ccccc78)cc6)cc5)c5ccc(-c6ccc7ccccc7c6)cc5)c4)cccc32)cc1. The van der Waals surface area contributed by atoms with Gasteiger partial charge in [0.1, 0.15) is 0 Å². The van der Waals surface area contributed by atoms with Crippen molar-refractivity contribution in [2.45, 2.75) is 0 Å². The predicted molar refractivity (Wildman–Crippen MR) is 298 cm³/mol. The molecule has 0 aliphatic carbocycles. The molecule has 70 heavy (non-hydrogen) atoms. The number of aromatic nitrogens is 1. The van der Waals surface area contributed by atoms with Crippen LogP contribution in [0, 0.1) is 0 Å². The van der Waals surface area contributed by atoms with Crippen LogP contribution < -0.4 is 4.90 Å². The fraction of sp³-hybridized carbons (Fsp3) is 0. The van der Waals surface area contributed by atoms with E-state index in [1.165, 1.54) is 87.9 Å². The van der Waals surface area contributed by atoms with Gasteiger partial charge >= 0.3 is 0 Å². The highest BCUT2D eigenvalue weighted by Crippen LogP contribution is 2.44. The largest absolute Gasteiger partial charge is 0.310 e. The third-order valence-corrected chi connectivity index (χ3v) is 14.0. The zero-order valence-corrected chi connectivity index (χ0v) is 38.5. The molecular weight excluding hydrogens is 845 g/mol. The second kappa shape index (κ2) is 17.4. The van der Waals surface area contributed by atoms with E-state index >= 15 is 0 Å². The van der Waals surface area contributed by atoms with Crippen LogP contribution in [0.15, 0.2) is 279 Å². The lowest BCUT2D eigenvalue weighted by atomic mass is 9.94. The second-order valence-corrected chi connectivity index (χ2v) is 18.1. The van der Waals surface area contributed by atoms with Crippen molar-refractivity contribution in [1.82, 2.24) is 4.57 Å². The third-order valence-electron chi connectivity index (χ3n) is 14.0. The van der Waals surface area contributed by atoms with Gasteiger partial charge in [0.15, 0.2) is 0 Å². The van der Waals surface area contributed by atoms with Crippen molar-refractivity contribution in [3.8, 4) is 61.3 Å². The lowest BCUT2D eigenvalue weighted by Gasteiger charge is -2.28. The summed E-state index contributed by atoms with van der Waals surface area (Å²) in [5, 5.41) is 7.50. The molecular formula is C68H46N2. The van der Waals surface area contributed by atoms with Gasteiger partial charge in [-0.05, 0) is 138 Å². The monoisotopic (exact) mass is 890 g/mol. The highest BCUT2D eigenvalue weighted by atomic mass is 15.1. The van der Waals surface area contributed by atoms with Crippen LogP contribution in [-0.2, 0) is 0 Å². The lowest BCUT2D eigenvalue weighted by Crippen LogP contribution is -2.11. The average molecular weight is 891 g/mol. The van der Waals surface area contributed by atoms with E-state index < -0.39 is 0 Å². The second-order valence-electron chi connectivity index (χ2n) is 18.1. The Morgan fingerprint density at radius 2 is 0.757 bits per heavy atom. The molecule has 2 nitrogen and oxygen atoms in total. The van der Waals surface area contributed by atoms with Crippen LogP contribution in [0.5, 0.6) is 0 Å². The van der Waals surface area contributed by atoms with Gasteiger partial charge in [-0.15, -0.1) is 0 Å². The minimum atomic E-state index is 1.08. The molecule has 328 valence electrons. The molecule has 0 saturated heterocycles. The number of fused-ring (bicyclic) bond motifs is 5. The van der Waals surface area contributed by atoms with Gasteiger partial charge in [-0.25, -0.2) is 0 Å². The summed E-state index contributed by atoms with van der Waals surface area (Å²) in [6.45, 7) is 0. The van der Waals surface area contributed by atoms with Gasteiger partial charge in [0, 0.05) is 33.4 Å². The summed E-state index contributed by atoms with van der Waals surface area (Å²) in [6, 6.07) is 102. The van der Waals surface area contributed by atoms with Crippen LogP contribution >= 0.6 is 0 Å². The Morgan fingerprint density at radius 1 is 0.257 bits per heavy atom. The number of hydrogen-bond donors (Lipinski definition) is 0. The quantitative estimate of drug-likeness (QED) is 0.140. The molecule has 0 aliphatic heterocycles. The highest BCUT2D eigenvalue weighted by Gasteiger charge is 2.20. The Morgan fingerprint density at radius 3 is 1.53 bits per heavy atom. The first kappa shape index (κ1) is 41.0. The minimum absolute atomic E-state index is 1.08. The number of nitrogens with zero attached hydrogens (tertiary/aromatic N) is 2. The number of para-hydroxylation sites is 3. The number of benzene rings is 12. The van der Waals surface area contributed by atoms with Crippen molar-refractivity contribution < 1.29 is 0 Å². The van der Waals surface area contributed by atoms with Gasteiger partial charge in [0.05, 0.1) is 16.7 Å². The summed E-state index contributed by atoms with van der Waals surface area (Å²) in [6.07, 6.45) is 0. The van der Waals surface area contributed by atoms with E-state index in [2.05, 4.69) is 289 Å². The summed E-state index contributed by atoms with van der Waals surface area (Å²) in [5.74, 6) is 0. The Labute approximate surface area is 408 Å². The Balaban J connectivity index is 0.906. The molecule has 0 amide bonds. The van der Waals surface area contributed by atoms with E-state index in [0.29, 0.717) is 0 Å². The fourth-order valence-corrected chi connectivity index (χ4v) is 10.6. The molecule has 0 bridgehead atoms. The van der Waals surface area contributed by atoms with E-state index in [9.17, 15) is 0 Å². The third kappa shape index (κ3) is 7.31. The van der Waals surface area contributed by atoms with Crippen molar-refractivity contribution in [3.05, 3.63) is 279 Å². The number of rotatable bonds is 9. The van der Waals surface area contributed by atoms with Gasteiger partial charge < -0.3 is 9.47 Å². The maximum absolute atomic E-state index is 2.41. The van der Waals surface area contributed by atoms with Crippen molar-refractivity contribution in [2.24, 2.45) is 0 Å². The summed E-state index contributed by atoms with van der Waals surface area (Å²) in [4.78, 5) is 2.41. The van der Waals surface area contributed by atoms with Crippen LogP contribution in [0.2, 0.25) is 0 Å². The first-order valence-corrected chi connectivity index (χ1v) is 24.1. The molecule has 12 aromatic carbocycles.